The molecule has 0 aromatic carbocycles. The maximum Gasteiger partial charge on any atom is -0.0162 e. The van der Waals surface area contributed by atoms with E-state index in [1.54, 1.807) is 0 Å². The first-order valence-electron chi connectivity index (χ1n) is 4.00. The van der Waals surface area contributed by atoms with Gasteiger partial charge in [0.25, 0.3) is 0 Å². The molecule has 0 amide bonds. The predicted octanol–water partition coefficient (Wildman–Crippen LogP) is 2.84. The molecule has 0 nitrogen and oxygen atoms in total. The molecule has 0 aromatic rings. The van der Waals surface area contributed by atoms with Gasteiger partial charge in [0.15, 0.2) is 0 Å². The van der Waals surface area contributed by atoms with Crippen LogP contribution in [0.1, 0.15) is 19.3 Å². The normalized spacial score (nSPS) is 24.2. The second-order valence-corrected chi connectivity index (χ2v) is 3.01. The van der Waals surface area contributed by atoms with Gasteiger partial charge in [-0.25, -0.2) is 0 Å². The van der Waals surface area contributed by atoms with E-state index in [0.717, 1.165) is 12.3 Å². The third-order valence-electron chi connectivity index (χ3n) is 2.06. The van der Waals surface area contributed by atoms with Crippen molar-refractivity contribution < 1.29 is 0 Å². The van der Waals surface area contributed by atoms with Crippen molar-refractivity contribution in [3.05, 3.63) is 36.0 Å². The smallest absolute Gasteiger partial charge is 0.0162 e. The third kappa shape index (κ3) is 1.21. The van der Waals surface area contributed by atoms with Gasteiger partial charge in [0.1, 0.15) is 0 Å². The Hall–Kier alpha value is -0.780. The molecule has 2 aliphatic carbocycles. The summed E-state index contributed by atoms with van der Waals surface area (Å²) in [6, 6.07) is 0. The second kappa shape index (κ2) is 2.45. The van der Waals surface area contributed by atoms with Gasteiger partial charge < -0.3 is 0 Å². The van der Waals surface area contributed by atoms with E-state index in [1.165, 1.54) is 18.4 Å². The Morgan fingerprint density at radius 1 is 1.20 bits per heavy atom. The Labute approximate surface area is 61.9 Å². The summed E-state index contributed by atoms with van der Waals surface area (Å²) in [7, 11) is 0. The molecule has 0 aliphatic heterocycles. The zero-order valence-corrected chi connectivity index (χ0v) is 6.09. The highest BCUT2D eigenvalue weighted by Gasteiger charge is 2.23. The molecule has 0 N–H and O–H groups in total. The van der Waals surface area contributed by atoms with Gasteiger partial charge in [-0.15, -0.1) is 0 Å². The molecule has 0 aromatic heterocycles. The van der Waals surface area contributed by atoms with Gasteiger partial charge >= 0.3 is 0 Å². The van der Waals surface area contributed by atoms with Gasteiger partial charge in [0.2, 0.25) is 0 Å². The summed E-state index contributed by atoms with van der Waals surface area (Å²) in [6.45, 7) is 0. The van der Waals surface area contributed by atoms with Crippen molar-refractivity contribution in [2.24, 2.45) is 5.92 Å². The lowest BCUT2D eigenvalue weighted by Gasteiger charge is -1.92. The lowest BCUT2D eigenvalue weighted by atomic mass is 10.1. The highest BCUT2D eigenvalue weighted by atomic mass is 14.3. The summed E-state index contributed by atoms with van der Waals surface area (Å²) in [4.78, 5) is 0. The molecule has 0 heterocycles. The zero-order chi connectivity index (χ0) is 6.81. The lowest BCUT2D eigenvalue weighted by Crippen LogP contribution is -1.77. The van der Waals surface area contributed by atoms with E-state index in [1.807, 2.05) is 0 Å². The van der Waals surface area contributed by atoms with Crippen LogP contribution in [-0.4, -0.2) is 0 Å². The van der Waals surface area contributed by atoms with Crippen molar-refractivity contribution >= 4 is 0 Å². The summed E-state index contributed by atoms with van der Waals surface area (Å²) >= 11 is 0. The van der Waals surface area contributed by atoms with E-state index in [4.69, 9.17) is 0 Å². The van der Waals surface area contributed by atoms with Crippen LogP contribution in [0.4, 0.5) is 0 Å². The van der Waals surface area contributed by atoms with E-state index in [9.17, 15) is 0 Å². The van der Waals surface area contributed by atoms with Crippen molar-refractivity contribution in [1.82, 2.24) is 0 Å². The van der Waals surface area contributed by atoms with Crippen molar-refractivity contribution in [3.8, 4) is 0 Å². The van der Waals surface area contributed by atoms with Gasteiger partial charge in [-0.05, 0) is 30.8 Å². The Morgan fingerprint density at radius 2 is 2.10 bits per heavy atom. The van der Waals surface area contributed by atoms with Gasteiger partial charge in [-0.3, -0.25) is 0 Å². The van der Waals surface area contributed by atoms with Crippen LogP contribution in [0, 0.1) is 5.92 Å². The summed E-state index contributed by atoms with van der Waals surface area (Å²) < 4.78 is 0. The predicted molar refractivity (Wildman–Crippen MR) is 43.7 cm³/mol. The maximum atomic E-state index is 2.28. The number of hydrogen-bond acceptors (Lipinski definition) is 0. The van der Waals surface area contributed by atoms with Crippen LogP contribution in [-0.2, 0) is 0 Å². The maximum absolute atomic E-state index is 2.28. The molecule has 0 unspecified atom stereocenters. The minimum Gasteiger partial charge on any atom is -0.0807 e. The standard InChI is InChI=1S/C10H12/c1-2-4-6-9(5-3-1)10-7-8-10/h1,3-6,10H,2,7-8H2. The fraction of sp³-hybridized carbons (Fsp3) is 0.400. The Kier molecular flexibility index (Phi) is 1.46. The molecule has 0 spiro atoms. The SMILES string of the molecule is C1=CCC=CC(C2CC2)=C1. The van der Waals surface area contributed by atoms with Crippen molar-refractivity contribution in [1.29, 1.82) is 0 Å². The van der Waals surface area contributed by atoms with Crippen LogP contribution < -0.4 is 0 Å². The first-order chi connectivity index (χ1) is 4.97. The molecule has 0 saturated heterocycles. The molecule has 0 radical (unpaired) electrons. The fourth-order valence-corrected chi connectivity index (χ4v) is 1.28. The monoisotopic (exact) mass is 132 g/mol. The van der Waals surface area contributed by atoms with E-state index < -0.39 is 0 Å². The largest absolute Gasteiger partial charge is 0.0807 e. The number of allylic oxidation sites excluding steroid dienone is 6. The molecule has 1 saturated carbocycles. The van der Waals surface area contributed by atoms with Crippen molar-refractivity contribution in [3.63, 3.8) is 0 Å². The topological polar surface area (TPSA) is 0 Å². The fourth-order valence-electron chi connectivity index (χ4n) is 1.28. The molecule has 1 fully saturated rings. The Balaban J connectivity index is 2.16. The van der Waals surface area contributed by atoms with E-state index in [0.29, 0.717) is 0 Å². The van der Waals surface area contributed by atoms with Crippen LogP contribution >= 0.6 is 0 Å². The first kappa shape index (κ1) is 5.96. The van der Waals surface area contributed by atoms with Crippen molar-refractivity contribution in [2.45, 2.75) is 19.3 Å². The van der Waals surface area contributed by atoms with Gasteiger partial charge in [0, 0.05) is 0 Å². The van der Waals surface area contributed by atoms with Crippen LogP contribution in [0.25, 0.3) is 0 Å². The zero-order valence-electron chi connectivity index (χ0n) is 6.09. The molecule has 52 valence electrons. The van der Waals surface area contributed by atoms with E-state index in [2.05, 4.69) is 30.4 Å². The summed E-state index contributed by atoms with van der Waals surface area (Å²) in [5, 5.41) is 0. The van der Waals surface area contributed by atoms with E-state index >= 15 is 0 Å². The first-order valence-corrected chi connectivity index (χ1v) is 4.00. The van der Waals surface area contributed by atoms with Crippen LogP contribution in [0.2, 0.25) is 0 Å². The average Bonchev–Trinajstić information content (AvgIpc) is 2.76. The van der Waals surface area contributed by atoms with Crippen LogP contribution in [0.3, 0.4) is 0 Å². The summed E-state index contributed by atoms with van der Waals surface area (Å²) in [5.74, 6) is 0.902. The molecular weight excluding hydrogens is 120 g/mol. The van der Waals surface area contributed by atoms with Crippen molar-refractivity contribution in [2.75, 3.05) is 0 Å². The summed E-state index contributed by atoms with van der Waals surface area (Å²) in [5.41, 5.74) is 1.54. The Bertz CT molecular complexity index is 202. The molecule has 0 heteroatoms. The number of hydrogen-bond donors (Lipinski definition) is 0. The van der Waals surface area contributed by atoms with Crippen LogP contribution in [0.5, 0.6) is 0 Å². The highest BCUT2D eigenvalue weighted by molar-refractivity contribution is 5.31. The number of rotatable bonds is 1. The third-order valence-corrected chi connectivity index (χ3v) is 2.06. The van der Waals surface area contributed by atoms with Crippen LogP contribution in [0.15, 0.2) is 36.0 Å². The van der Waals surface area contributed by atoms with Gasteiger partial charge in [0.05, 0.1) is 0 Å². The molecule has 2 rings (SSSR count). The van der Waals surface area contributed by atoms with Gasteiger partial charge in [-0.1, -0.05) is 30.4 Å². The molecule has 10 heavy (non-hydrogen) atoms. The summed E-state index contributed by atoms with van der Waals surface area (Å²) in [6.07, 6.45) is 15.1. The Morgan fingerprint density at radius 3 is 2.90 bits per heavy atom. The minimum atomic E-state index is 0.902. The molecule has 2 aliphatic rings. The molecular formula is C10H12. The van der Waals surface area contributed by atoms with E-state index in [-0.39, 0.29) is 0 Å². The quantitative estimate of drug-likeness (QED) is 0.514. The highest BCUT2D eigenvalue weighted by Crippen LogP contribution is 2.37. The van der Waals surface area contributed by atoms with Gasteiger partial charge in [-0.2, -0.15) is 0 Å². The second-order valence-electron chi connectivity index (χ2n) is 3.01. The molecule has 0 bridgehead atoms. The molecule has 0 atom stereocenters. The minimum absolute atomic E-state index is 0.902. The lowest BCUT2D eigenvalue weighted by molar-refractivity contribution is 1.05. The average molecular weight is 132 g/mol.